The van der Waals surface area contributed by atoms with Gasteiger partial charge in [-0.3, -0.25) is 9.63 Å². The van der Waals surface area contributed by atoms with Crippen LogP contribution in [0, 0.1) is 5.92 Å². The van der Waals surface area contributed by atoms with Crippen molar-refractivity contribution >= 4 is 21.9 Å². The number of hydroxylamine groups is 1. The van der Waals surface area contributed by atoms with Gasteiger partial charge in [-0.1, -0.05) is 18.3 Å². The number of rotatable bonds is 9. The van der Waals surface area contributed by atoms with Crippen LogP contribution in [0.2, 0.25) is 0 Å². The van der Waals surface area contributed by atoms with Gasteiger partial charge in [0.15, 0.2) is 6.61 Å². The van der Waals surface area contributed by atoms with Crippen molar-refractivity contribution in [2.45, 2.75) is 18.7 Å². The minimum atomic E-state index is -4.04. The quantitative estimate of drug-likeness (QED) is 0.492. The van der Waals surface area contributed by atoms with Gasteiger partial charge in [0.25, 0.3) is 15.9 Å². The number of carbonyl (C=O) groups is 2. The number of hydrogen-bond acceptors (Lipinski definition) is 7. The number of benzene rings is 1. The molecule has 0 radical (unpaired) electrons. The molecule has 0 aliphatic heterocycles. The first-order valence-corrected chi connectivity index (χ1v) is 9.22. The zero-order valence-electron chi connectivity index (χ0n) is 15.4. The fourth-order valence-electron chi connectivity index (χ4n) is 1.83. The average molecular weight is 388 g/mol. The zero-order valence-corrected chi connectivity index (χ0v) is 16.3. The molecule has 1 N–H and O–H groups in total. The summed E-state index contributed by atoms with van der Waals surface area (Å²) in [5.41, 5.74) is -0.0365. The highest BCUT2D eigenvalue weighted by molar-refractivity contribution is 7.89. The molecule has 0 bridgehead atoms. The fraction of sp³-hybridized carbons (Fsp3) is 0.500. The molecule has 146 valence electrons. The van der Waals surface area contributed by atoms with Gasteiger partial charge in [-0.2, -0.15) is 0 Å². The first kappa shape index (κ1) is 21.9. The van der Waals surface area contributed by atoms with E-state index in [1.807, 2.05) is 13.8 Å². The van der Waals surface area contributed by atoms with E-state index in [0.717, 1.165) is 6.07 Å². The third kappa shape index (κ3) is 5.68. The van der Waals surface area contributed by atoms with Gasteiger partial charge in [-0.15, -0.1) is 0 Å². The van der Waals surface area contributed by atoms with E-state index in [0.29, 0.717) is 11.0 Å². The Bertz CT molecular complexity index is 747. The van der Waals surface area contributed by atoms with Crippen molar-refractivity contribution in [1.82, 2.24) is 9.79 Å². The van der Waals surface area contributed by atoms with Crippen LogP contribution in [0.5, 0.6) is 5.75 Å². The molecule has 10 heteroatoms. The molecular weight excluding hydrogens is 364 g/mol. The molecule has 1 amide bonds. The Morgan fingerprint density at radius 3 is 2.42 bits per heavy atom. The van der Waals surface area contributed by atoms with Gasteiger partial charge in [0.1, 0.15) is 10.6 Å². The number of nitrogens with zero attached hydrogens (tertiary/aromatic N) is 1. The van der Waals surface area contributed by atoms with Crippen LogP contribution in [0.25, 0.3) is 0 Å². The maximum Gasteiger partial charge on any atom is 0.338 e. The highest BCUT2D eigenvalue weighted by Gasteiger charge is 2.27. The summed E-state index contributed by atoms with van der Waals surface area (Å²) in [6.45, 7) is 3.87. The second kappa shape index (κ2) is 9.51. The highest BCUT2D eigenvalue weighted by Crippen LogP contribution is 2.27. The van der Waals surface area contributed by atoms with E-state index in [4.69, 9.17) is 14.3 Å². The maximum absolute atomic E-state index is 12.4. The Labute approximate surface area is 153 Å². The standard InChI is InChI=1S/C16H24N2O7S/c1-11(2)9-17-15(19)10-25-16(20)12-6-7-13(23-4)14(8-12)26(21,22)18(3)24-5/h6-8,11H,9-10H2,1-5H3,(H,17,19). The van der Waals surface area contributed by atoms with Gasteiger partial charge in [0, 0.05) is 13.6 Å². The summed E-state index contributed by atoms with van der Waals surface area (Å²) >= 11 is 0. The molecule has 0 unspecified atom stereocenters. The number of nitrogens with one attached hydrogen (secondary N) is 1. The lowest BCUT2D eigenvalue weighted by atomic mass is 10.2. The van der Waals surface area contributed by atoms with Crippen LogP contribution in [0.1, 0.15) is 24.2 Å². The number of hydrogen-bond donors (Lipinski definition) is 1. The van der Waals surface area contributed by atoms with Crippen LogP contribution in [-0.4, -0.2) is 59.2 Å². The SMILES string of the molecule is COc1ccc(C(=O)OCC(=O)NCC(C)C)cc1S(=O)(=O)N(C)OC. The number of esters is 1. The summed E-state index contributed by atoms with van der Waals surface area (Å²) in [5.74, 6) is -0.960. The Hall–Kier alpha value is -2.17. The Balaban J connectivity index is 2.96. The van der Waals surface area contributed by atoms with E-state index in [9.17, 15) is 18.0 Å². The molecule has 0 heterocycles. The Morgan fingerprint density at radius 1 is 1.23 bits per heavy atom. The molecule has 0 aliphatic rings. The summed E-state index contributed by atoms with van der Waals surface area (Å²) in [7, 11) is -0.335. The van der Waals surface area contributed by atoms with Crippen molar-refractivity contribution in [2.24, 2.45) is 5.92 Å². The lowest BCUT2D eigenvalue weighted by molar-refractivity contribution is -0.124. The largest absolute Gasteiger partial charge is 0.495 e. The first-order valence-electron chi connectivity index (χ1n) is 7.78. The van der Waals surface area contributed by atoms with E-state index in [1.54, 1.807) is 0 Å². The fourth-order valence-corrected chi connectivity index (χ4v) is 2.98. The maximum atomic E-state index is 12.4. The van der Waals surface area contributed by atoms with Crippen LogP contribution >= 0.6 is 0 Å². The van der Waals surface area contributed by atoms with Crippen LogP contribution < -0.4 is 10.1 Å². The third-order valence-corrected chi connectivity index (χ3v) is 5.02. The van der Waals surface area contributed by atoms with Gasteiger partial charge >= 0.3 is 5.97 Å². The first-order chi connectivity index (χ1) is 12.1. The lowest BCUT2D eigenvalue weighted by Crippen LogP contribution is -2.31. The predicted octanol–water partition coefficient (Wildman–Crippen LogP) is 0.806. The lowest BCUT2D eigenvalue weighted by Gasteiger charge is -2.17. The second-order valence-electron chi connectivity index (χ2n) is 5.74. The summed E-state index contributed by atoms with van der Waals surface area (Å²) in [6.07, 6.45) is 0. The number of amides is 1. The monoisotopic (exact) mass is 388 g/mol. The van der Waals surface area contributed by atoms with Crippen molar-refractivity contribution in [3.8, 4) is 5.75 Å². The van der Waals surface area contributed by atoms with E-state index < -0.39 is 28.5 Å². The number of methoxy groups -OCH3 is 1. The molecular formula is C16H24N2O7S. The van der Waals surface area contributed by atoms with E-state index in [2.05, 4.69) is 5.32 Å². The molecule has 0 fully saturated rings. The second-order valence-corrected chi connectivity index (χ2v) is 7.64. The summed E-state index contributed by atoms with van der Waals surface area (Å²) in [4.78, 5) is 28.2. The van der Waals surface area contributed by atoms with Crippen LogP contribution in [0.3, 0.4) is 0 Å². The van der Waals surface area contributed by atoms with E-state index >= 15 is 0 Å². The molecule has 9 nitrogen and oxygen atoms in total. The molecule has 0 spiro atoms. The average Bonchev–Trinajstić information content (AvgIpc) is 2.62. The van der Waals surface area contributed by atoms with Crippen LogP contribution in [-0.2, 0) is 24.4 Å². The number of carbonyl (C=O) groups excluding carboxylic acids is 2. The molecule has 0 aromatic heterocycles. The van der Waals surface area contributed by atoms with Crippen molar-refractivity contribution in [2.75, 3.05) is 34.4 Å². The summed E-state index contributed by atoms with van der Waals surface area (Å²) in [6, 6.07) is 3.78. The molecule has 1 aromatic rings. The molecule has 26 heavy (non-hydrogen) atoms. The summed E-state index contributed by atoms with van der Waals surface area (Å²) < 4.78 is 35.5. The van der Waals surface area contributed by atoms with Crippen LogP contribution in [0.4, 0.5) is 0 Å². The predicted molar refractivity (Wildman–Crippen MR) is 93.1 cm³/mol. The third-order valence-electron chi connectivity index (χ3n) is 3.31. The zero-order chi connectivity index (χ0) is 19.9. The number of sulfonamides is 1. The Kier molecular flexibility index (Phi) is 8.00. The molecule has 0 aliphatic carbocycles. The van der Waals surface area contributed by atoms with E-state index in [1.165, 1.54) is 33.4 Å². The van der Waals surface area contributed by atoms with Gasteiger partial charge in [-0.05, 0) is 24.1 Å². The molecule has 1 rings (SSSR count). The van der Waals surface area contributed by atoms with Crippen molar-refractivity contribution in [3.05, 3.63) is 23.8 Å². The normalized spacial score (nSPS) is 11.5. The molecule has 1 aromatic carbocycles. The van der Waals surface area contributed by atoms with Crippen molar-refractivity contribution in [3.63, 3.8) is 0 Å². The minimum absolute atomic E-state index is 0.0365. The number of ether oxygens (including phenoxy) is 2. The Morgan fingerprint density at radius 2 is 1.88 bits per heavy atom. The van der Waals surface area contributed by atoms with Crippen molar-refractivity contribution < 1.29 is 32.3 Å². The van der Waals surface area contributed by atoms with Gasteiger partial charge in [-0.25, -0.2) is 13.2 Å². The van der Waals surface area contributed by atoms with E-state index in [-0.39, 0.29) is 22.1 Å². The van der Waals surface area contributed by atoms with Gasteiger partial charge < -0.3 is 14.8 Å². The molecule has 0 atom stereocenters. The van der Waals surface area contributed by atoms with Gasteiger partial charge in [0.05, 0.1) is 19.8 Å². The van der Waals surface area contributed by atoms with Crippen LogP contribution in [0.15, 0.2) is 23.1 Å². The topological polar surface area (TPSA) is 111 Å². The highest BCUT2D eigenvalue weighted by atomic mass is 32.2. The van der Waals surface area contributed by atoms with Crippen molar-refractivity contribution in [1.29, 1.82) is 0 Å². The molecule has 0 saturated heterocycles. The smallest absolute Gasteiger partial charge is 0.338 e. The molecule has 0 saturated carbocycles. The van der Waals surface area contributed by atoms with Gasteiger partial charge in [0.2, 0.25) is 0 Å². The summed E-state index contributed by atoms with van der Waals surface area (Å²) in [5, 5.41) is 2.61. The minimum Gasteiger partial charge on any atom is -0.495 e.